The molecule has 0 bridgehead atoms. The molecule has 0 unspecified atom stereocenters. The summed E-state index contributed by atoms with van der Waals surface area (Å²) >= 11 is 0. The van der Waals surface area contributed by atoms with Gasteiger partial charge in [-0.1, -0.05) is 60.7 Å². The number of benzene rings is 2. The Kier molecular flexibility index (Phi) is 5.69. The molecular weight excluding hydrogens is 338 g/mol. The minimum absolute atomic E-state index is 0.277. The molecular formula is C23H27NO3. The van der Waals surface area contributed by atoms with Gasteiger partial charge in [-0.25, -0.2) is 0 Å². The number of likely N-dealkylation sites (tertiary alicyclic amines) is 1. The second-order valence-electron chi connectivity index (χ2n) is 7.35. The van der Waals surface area contributed by atoms with Crippen LogP contribution < -0.4 is 0 Å². The van der Waals surface area contributed by atoms with Gasteiger partial charge in [-0.3, -0.25) is 4.90 Å². The van der Waals surface area contributed by atoms with E-state index in [9.17, 15) is 5.11 Å². The fourth-order valence-electron chi connectivity index (χ4n) is 3.93. The molecule has 27 heavy (non-hydrogen) atoms. The van der Waals surface area contributed by atoms with Crippen molar-refractivity contribution in [2.75, 3.05) is 26.3 Å². The lowest BCUT2D eigenvalue weighted by atomic mass is 9.81. The van der Waals surface area contributed by atoms with Crippen molar-refractivity contribution in [3.8, 4) is 0 Å². The third kappa shape index (κ3) is 4.47. The van der Waals surface area contributed by atoms with Gasteiger partial charge in [-0.2, -0.15) is 0 Å². The Morgan fingerprint density at radius 1 is 0.963 bits per heavy atom. The minimum atomic E-state index is -0.786. The number of rotatable bonds is 5. The molecule has 142 valence electrons. The predicted octanol–water partition coefficient (Wildman–Crippen LogP) is 3.56. The first kappa shape index (κ1) is 18.4. The zero-order valence-corrected chi connectivity index (χ0v) is 15.6. The molecule has 0 aromatic heterocycles. The van der Waals surface area contributed by atoms with Crippen LogP contribution in [0.4, 0.5) is 0 Å². The minimum Gasteiger partial charge on any atom is -0.385 e. The van der Waals surface area contributed by atoms with Crippen LogP contribution >= 0.6 is 0 Å². The Balaban J connectivity index is 1.44. The van der Waals surface area contributed by atoms with E-state index >= 15 is 0 Å². The molecule has 0 aliphatic carbocycles. The average molecular weight is 365 g/mol. The Morgan fingerprint density at radius 3 is 2.37 bits per heavy atom. The number of ether oxygens (including phenoxy) is 2. The molecule has 4 heteroatoms. The maximum atomic E-state index is 11.4. The summed E-state index contributed by atoms with van der Waals surface area (Å²) < 4.78 is 11.0. The maximum Gasteiger partial charge on any atom is 0.177 e. The molecule has 0 amide bonds. The van der Waals surface area contributed by atoms with Crippen LogP contribution in [0.1, 0.15) is 29.5 Å². The van der Waals surface area contributed by atoms with Gasteiger partial charge in [0.1, 0.15) is 0 Å². The first-order valence-corrected chi connectivity index (χ1v) is 9.73. The van der Waals surface area contributed by atoms with Crippen LogP contribution in [-0.2, 0) is 21.6 Å². The summed E-state index contributed by atoms with van der Waals surface area (Å²) in [5.41, 5.74) is 2.57. The summed E-state index contributed by atoms with van der Waals surface area (Å²) in [5.74, 6) is 0. The van der Waals surface area contributed by atoms with Gasteiger partial charge in [0.15, 0.2) is 6.29 Å². The second-order valence-corrected chi connectivity index (χ2v) is 7.35. The number of aliphatic hydroxyl groups is 1. The SMILES string of the molecule is OC1(c2ccccc2/C=C\C2OCCO2)CCN(Cc2ccccc2)CC1. The Bertz CT molecular complexity index is 760. The number of nitrogens with zero attached hydrogens (tertiary/aromatic N) is 1. The van der Waals surface area contributed by atoms with Crippen molar-refractivity contribution >= 4 is 6.08 Å². The zero-order chi connectivity index (χ0) is 18.5. The molecule has 4 nitrogen and oxygen atoms in total. The van der Waals surface area contributed by atoms with Crippen molar-refractivity contribution in [1.82, 2.24) is 4.90 Å². The van der Waals surface area contributed by atoms with Crippen LogP contribution in [0.3, 0.4) is 0 Å². The molecule has 2 aromatic carbocycles. The summed E-state index contributed by atoms with van der Waals surface area (Å²) in [4.78, 5) is 2.42. The van der Waals surface area contributed by atoms with Gasteiger partial charge in [-0.15, -0.1) is 0 Å². The summed E-state index contributed by atoms with van der Waals surface area (Å²) in [6.07, 6.45) is 5.14. The van der Waals surface area contributed by atoms with Gasteiger partial charge in [0.25, 0.3) is 0 Å². The normalized spacial score (nSPS) is 21.1. The van der Waals surface area contributed by atoms with Gasteiger partial charge < -0.3 is 14.6 Å². The zero-order valence-electron chi connectivity index (χ0n) is 15.6. The lowest BCUT2D eigenvalue weighted by Gasteiger charge is -2.39. The molecule has 2 aromatic rings. The van der Waals surface area contributed by atoms with Crippen LogP contribution in [-0.4, -0.2) is 42.6 Å². The third-order valence-electron chi connectivity index (χ3n) is 5.47. The molecule has 0 saturated carbocycles. The highest BCUT2D eigenvalue weighted by molar-refractivity contribution is 5.56. The Labute approximate surface area is 161 Å². The Hall–Kier alpha value is -1.98. The average Bonchev–Trinajstić information content (AvgIpc) is 3.23. The first-order valence-electron chi connectivity index (χ1n) is 9.73. The standard InChI is InChI=1S/C23H27NO3/c25-23(12-14-24(15-13-23)18-19-6-2-1-3-7-19)21-9-5-4-8-20(21)10-11-22-26-16-17-27-22/h1-11,22,25H,12-18H2/b11-10-. The monoisotopic (exact) mass is 365 g/mol. The van der Waals surface area contributed by atoms with E-state index in [4.69, 9.17) is 9.47 Å². The summed E-state index contributed by atoms with van der Waals surface area (Å²) in [7, 11) is 0. The highest BCUT2D eigenvalue weighted by Gasteiger charge is 2.35. The van der Waals surface area contributed by atoms with Crippen LogP contribution in [0.25, 0.3) is 6.08 Å². The molecule has 2 fully saturated rings. The molecule has 0 spiro atoms. The number of piperidine rings is 1. The maximum absolute atomic E-state index is 11.4. The second kappa shape index (κ2) is 8.36. The van der Waals surface area contributed by atoms with Gasteiger partial charge in [-0.05, 0) is 35.6 Å². The van der Waals surface area contributed by atoms with Gasteiger partial charge >= 0.3 is 0 Å². The molecule has 2 saturated heterocycles. The summed E-state index contributed by atoms with van der Waals surface area (Å²) in [6, 6.07) is 18.6. The third-order valence-corrected chi connectivity index (χ3v) is 5.47. The largest absolute Gasteiger partial charge is 0.385 e. The van der Waals surface area contributed by atoms with Crippen molar-refractivity contribution in [3.63, 3.8) is 0 Å². The van der Waals surface area contributed by atoms with E-state index < -0.39 is 5.60 Å². The lowest BCUT2D eigenvalue weighted by molar-refractivity contribution is -0.0279. The van der Waals surface area contributed by atoms with Crippen molar-refractivity contribution in [2.24, 2.45) is 0 Å². The van der Waals surface area contributed by atoms with Gasteiger partial charge in [0.05, 0.1) is 18.8 Å². The lowest BCUT2D eigenvalue weighted by Crippen LogP contribution is -2.42. The highest BCUT2D eigenvalue weighted by Crippen LogP contribution is 2.35. The van der Waals surface area contributed by atoms with Crippen molar-refractivity contribution in [1.29, 1.82) is 0 Å². The molecule has 1 N–H and O–H groups in total. The van der Waals surface area contributed by atoms with Crippen molar-refractivity contribution in [3.05, 3.63) is 77.4 Å². The van der Waals surface area contributed by atoms with E-state index in [1.807, 2.05) is 36.4 Å². The molecule has 0 atom stereocenters. The quantitative estimate of drug-likeness (QED) is 0.880. The van der Waals surface area contributed by atoms with Crippen LogP contribution in [0.2, 0.25) is 0 Å². The number of hydrogen-bond acceptors (Lipinski definition) is 4. The van der Waals surface area contributed by atoms with Gasteiger partial charge in [0.2, 0.25) is 0 Å². The smallest absolute Gasteiger partial charge is 0.177 e. The van der Waals surface area contributed by atoms with E-state index in [0.29, 0.717) is 13.2 Å². The topological polar surface area (TPSA) is 41.9 Å². The van der Waals surface area contributed by atoms with Crippen LogP contribution in [0.5, 0.6) is 0 Å². The van der Waals surface area contributed by atoms with Crippen LogP contribution in [0, 0.1) is 0 Å². The molecule has 2 aliphatic heterocycles. The number of hydrogen-bond donors (Lipinski definition) is 1. The molecule has 2 heterocycles. The van der Waals surface area contributed by atoms with E-state index in [-0.39, 0.29) is 6.29 Å². The summed E-state index contributed by atoms with van der Waals surface area (Å²) in [6.45, 7) is 3.99. The molecule has 0 radical (unpaired) electrons. The predicted molar refractivity (Wildman–Crippen MR) is 106 cm³/mol. The Morgan fingerprint density at radius 2 is 1.63 bits per heavy atom. The molecule has 2 aliphatic rings. The summed E-state index contributed by atoms with van der Waals surface area (Å²) in [5, 5.41) is 11.4. The van der Waals surface area contributed by atoms with Crippen molar-refractivity contribution < 1.29 is 14.6 Å². The van der Waals surface area contributed by atoms with E-state index in [1.54, 1.807) is 0 Å². The van der Waals surface area contributed by atoms with E-state index in [0.717, 1.165) is 43.6 Å². The van der Waals surface area contributed by atoms with Gasteiger partial charge in [0, 0.05) is 19.6 Å². The van der Waals surface area contributed by atoms with Crippen LogP contribution in [0.15, 0.2) is 60.7 Å². The molecule has 4 rings (SSSR count). The fraction of sp³-hybridized carbons (Fsp3) is 0.391. The fourth-order valence-corrected chi connectivity index (χ4v) is 3.93. The first-order chi connectivity index (χ1) is 13.2. The van der Waals surface area contributed by atoms with E-state index in [1.165, 1.54) is 5.56 Å². The van der Waals surface area contributed by atoms with Crippen molar-refractivity contribution in [2.45, 2.75) is 31.3 Å². The highest BCUT2D eigenvalue weighted by atomic mass is 16.7. The van der Waals surface area contributed by atoms with E-state index in [2.05, 4.69) is 35.2 Å².